The molecule has 173 valence electrons. The van der Waals surface area contributed by atoms with Crippen LogP contribution in [0.3, 0.4) is 0 Å². The molecule has 0 fully saturated rings. The number of pyridine rings is 2. The number of furan rings is 1. The van der Waals surface area contributed by atoms with Gasteiger partial charge in [-0.25, -0.2) is 0 Å². The van der Waals surface area contributed by atoms with E-state index in [1.165, 1.54) is 40.7 Å². The third kappa shape index (κ3) is 5.04. The fraction of sp³-hybridized carbons (Fsp3) is 0.200. The van der Waals surface area contributed by atoms with Crippen molar-refractivity contribution in [3.05, 3.63) is 108 Å². The van der Waals surface area contributed by atoms with E-state index in [1.54, 1.807) is 6.20 Å². The first kappa shape index (κ1) is 24.1. The van der Waals surface area contributed by atoms with Crippen molar-refractivity contribution in [1.82, 2.24) is 9.97 Å². The Hall–Kier alpha value is -3.07. The molecule has 0 amide bonds. The molecule has 34 heavy (non-hydrogen) atoms. The Balaban J connectivity index is 0.000000180. The topological polar surface area (TPSA) is 38.9 Å². The smallest absolute Gasteiger partial charge is 0.0930 e. The summed E-state index contributed by atoms with van der Waals surface area (Å²) in [5.41, 5.74) is 8.80. The van der Waals surface area contributed by atoms with Crippen LogP contribution in [-0.4, -0.2) is 9.97 Å². The van der Waals surface area contributed by atoms with Gasteiger partial charge in [-0.2, -0.15) is 0 Å². The van der Waals surface area contributed by atoms with Gasteiger partial charge in [-0.05, 0) is 55.3 Å². The van der Waals surface area contributed by atoms with Crippen LogP contribution < -0.4 is 0 Å². The largest absolute Gasteiger partial charge is 0.505 e. The maximum absolute atomic E-state index is 6.23. The Kier molecular flexibility index (Phi) is 7.72. The summed E-state index contributed by atoms with van der Waals surface area (Å²) in [7, 11) is 0. The third-order valence-electron chi connectivity index (χ3n) is 6.05. The number of fused-ring (bicyclic) bond motifs is 3. The summed E-state index contributed by atoms with van der Waals surface area (Å²) in [4.78, 5) is 8.72. The van der Waals surface area contributed by atoms with Gasteiger partial charge in [-0.15, -0.1) is 53.6 Å². The Bertz CT molecular complexity index is 1340. The van der Waals surface area contributed by atoms with Gasteiger partial charge in [0, 0.05) is 38.9 Å². The second kappa shape index (κ2) is 10.9. The first-order valence-electron chi connectivity index (χ1n) is 11.5. The van der Waals surface area contributed by atoms with Crippen LogP contribution >= 0.6 is 0 Å². The normalized spacial score (nSPS) is 12.3. The second-order valence-corrected chi connectivity index (χ2v) is 8.47. The van der Waals surface area contributed by atoms with E-state index in [9.17, 15) is 0 Å². The predicted molar refractivity (Wildman–Crippen MR) is 133 cm³/mol. The van der Waals surface area contributed by atoms with Crippen LogP contribution in [0.2, 0.25) is 0 Å². The molecular weight excluding hydrogens is 597 g/mol. The molecule has 0 bridgehead atoms. The molecule has 1 aliphatic carbocycles. The monoisotopic (exact) mass is 623 g/mol. The summed E-state index contributed by atoms with van der Waals surface area (Å²) in [6.45, 7) is 4.24. The SMILES string of the molecule is Cc1ccnc(-c2[c-]cc(C)c3c4c(oc23)CCCC4)c1.[Ir].[c-]1ccccc1-c1ccccn1. The Labute approximate surface area is 214 Å². The number of rotatable bonds is 2. The quantitative estimate of drug-likeness (QED) is 0.194. The first-order chi connectivity index (χ1) is 16.2. The van der Waals surface area contributed by atoms with E-state index in [2.05, 4.69) is 48.1 Å². The minimum Gasteiger partial charge on any atom is -0.505 e. The Morgan fingerprint density at radius 1 is 0.853 bits per heavy atom. The molecule has 6 rings (SSSR count). The van der Waals surface area contributed by atoms with Gasteiger partial charge < -0.3 is 14.4 Å². The number of hydrogen-bond donors (Lipinski definition) is 0. The van der Waals surface area contributed by atoms with Gasteiger partial charge in [0.1, 0.15) is 0 Å². The van der Waals surface area contributed by atoms with E-state index in [0.29, 0.717) is 0 Å². The molecule has 0 N–H and O–H groups in total. The van der Waals surface area contributed by atoms with Gasteiger partial charge in [0.05, 0.1) is 11.3 Å². The van der Waals surface area contributed by atoms with Crippen LogP contribution in [0, 0.1) is 26.0 Å². The number of hydrogen-bond acceptors (Lipinski definition) is 3. The molecule has 0 aliphatic heterocycles. The van der Waals surface area contributed by atoms with Crippen LogP contribution in [-0.2, 0) is 32.9 Å². The van der Waals surface area contributed by atoms with Crippen LogP contribution in [0.25, 0.3) is 33.5 Å². The first-order valence-corrected chi connectivity index (χ1v) is 11.5. The number of nitrogens with zero attached hydrogens (tertiary/aromatic N) is 2. The van der Waals surface area contributed by atoms with Gasteiger partial charge in [0.25, 0.3) is 0 Å². The summed E-state index contributed by atoms with van der Waals surface area (Å²) in [5, 5.41) is 1.29. The molecule has 0 saturated carbocycles. The second-order valence-electron chi connectivity index (χ2n) is 8.47. The van der Waals surface area contributed by atoms with Crippen molar-refractivity contribution in [2.24, 2.45) is 0 Å². The molecule has 1 radical (unpaired) electrons. The van der Waals surface area contributed by atoms with Gasteiger partial charge in [-0.3, -0.25) is 0 Å². The minimum absolute atomic E-state index is 0. The zero-order valence-corrected chi connectivity index (χ0v) is 21.8. The minimum atomic E-state index is 0. The van der Waals surface area contributed by atoms with E-state index < -0.39 is 0 Å². The predicted octanol–water partition coefficient (Wildman–Crippen LogP) is 7.34. The van der Waals surface area contributed by atoms with Crippen molar-refractivity contribution in [3.8, 4) is 22.5 Å². The maximum Gasteiger partial charge on any atom is 0.0930 e. The van der Waals surface area contributed by atoms with E-state index in [0.717, 1.165) is 40.9 Å². The zero-order valence-electron chi connectivity index (χ0n) is 19.4. The van der Waals surface area contributed by atoms with Crippen molar-refractivity contribution in [2.75, 3.05) is 0 Å². The number of aryl methyl sites for hydroxylation is 4. The summed E-state index contributed by atoms with van der Waals surface area (Å²) in [6, 6.07) is 26.4. The molecule has 4 heteroatoms. The molecule has 3 nitrogen and oxygen atoms in total. The standard InChI is InChI=1S/C19H18NO.C11H8N.Ir/c1-12-9-10-20-16(11-12)14-8-7-13(2)18-15-5-3-4-6-17(15)21-19(14)18;1-2-6-10(7-3-1)11-8-4-5-9-12-11;/h7,9-11H,3-6H2,1-2H3;1-6,8-9H;/q2*-1;. The van der Waals surface area contributed by atoms with Crippen LogP contribution in [0.15, 0.2) is 77.5 Å². The van der Waals surface area contributed by atoms with Crippen molar-refractivity contribution in [2.45, 2.75) is 39.5 Å². The third-order valence-corrected chi connectivity index (χ3v) is 6.05. The van der Waals surface area contributed by atoms with Crippen molar-refractivity contribution in [3.63, 3.8) is 0 Å². The molecule has 3 aromatic heterocycles. The molecule has 1 aliphatic rings. The number of aromatic nitrogens is 2. The van der Waals surface area contributed by atoms with Gasteiger partial charge in [-0.1, -0.05) is 41.6 Å². The van der Waals surface area contributed by atoms with E-state index in [4.69, 9.17) is 4.42 Å². The Morgan fingerprint density at radius 3 is 2.44 bits per heavy atom. The zero-order chi connectivity index (χ0) is 22.6. The summed E-state index contributed by atoms with van der Waals surface area (Å²) in [5.74, 6) is 1.17. The fourth-order valence-electron chi connectivity index (χ4n) is 4.42. The summed E-state index contributed by atoms with van der Waals surface area (Å²) in [6.07, 6.45) is 8.33. The van der Waals surface area contributed by atoms with Gasteiger partial charge in [0.2, 0.25) is 0 Å². The molecular formula is C30H26IrN2O-2. The molecule has 0 atom stereocenters. The average molecular weight is 623 g/mol. The van der Waals surface area contributed by atoms with Crippen LogP contribution in [0.5, 0.6) is 0 Å². The summed E-state index contributed by atoms with van der Waals surface area (Å²) < 4.78 is 6.23. The average Bonchev–Trinajstić information content (AvgIpc) is 3.26. The molecule has 2 aromatic carbocycles. The fourth-order valence-corrected chi connectivity index (χ4v) is 4.42. The van der Waals surface area contributed by atoms with Gasteiger partial charge >= 0.3 is 0 Å². The van der Waals surface area contributed by atoms with Crippen molar-refractivity contribution >= 4 is 11.0 Å². The molecule has 0 unspecified atom stereocenters. The van der Waals surface area contributed by atoms with Gasteiger partial charge in [0.15, 0.2) is 0 Å². The molecule has 5 aromatic rings. The number of benzene rings is 2. The van der Waals surface area contributed by atoms with E-state index >= 15 is 0 Å². The summed E-state index contributed by atoms with van der Waals surface area (Å²) >= 11 is 0. The van der Waals surface area contributed by atoms with Crippen LogP contribution in [0.1, 0.15) is 35.3 Å². The van der Waals surface area contributed by atoms with E-state index in [-0.39, 0.29) is 20.1 Å². The maximum atomic E-state index is 6.23. The van der Waals surface area contributed by atoms with E-state index in [1.807, 2.05) is 54.7 Å². The molecule has 0 saturated heterocycles. The molecule has 0 spiro atoms. The van der Waals surface area contributed by atoms with Crippen LogP contribution in [0.4, 0.5) is 0 Å². The Morgan fingerprint density at radius 2 is 1.68 bits per heavy atom. The van der Waals surface area contributed by atoms with Crippen molar-refractivity contribution in [1.29, 1.82) is 0 Å². The molecule has 3 heterocycles. The van der Waals surface area contributed by atoms with Crippen molar-refractivity contribution < 1.29 is 24.5 Å².